The average Bonchev–Trinajstić information content (AvgIpc) is 2.64. The van der Waals surface area contributed by atoms with Gasteiger partial charge in [-0.3, -0.25) is 14.9 Å². The van der Waals surface area contributed by atoms with E-state index in [1.165, 1.54) is 18.2 Å². The van der Waals surface area contributed by atoms with Gasteiger partial charge in [0.2, 0.25) is 0 Å². The number of hydrogen-bond acceptors (Lipinski definition) is 5. The van der Waals surface area contributed by atoms with Gasteiger partial charge in [-0.2, -0.15) is 0 Å². The summed E-state index contributed by atoms with van der Waals surface area (Å²) in [5, 5.41) is 7.44. The van der Waals surface area contributed by atoms with Crippen LogP contribution in [0.15, 0.2) is 36.9 Å². The minimum atomic E-state index is -0.939. The molecule has 3 N–H and O–H groups in total. The van der Waals surface area contributed by atoms with Crippen molar-refractivity contribution in [3.63, 3.8) is 0 Å². The van der Waals surface area contributed by atoms with E-state index < -0.39 is 36.5 Å². The number of urea groups is 1. The molecule has 1 aromatic rings. The number of hydrogen-bond donors (Lipinski definition) is 3. The Morgan fingerprint density at radius 1 is 1.18 bits per heavy atom. The molecule has 0 aliphatic carbocycles. The van der Waals surface area contributed by atoms with E-state index in [-0.39, 0.29) is 12.5 Å². The molecule has 0 saturated carbocycles. The van der Waals surface area contributed by atoms with Gasteiger partial charge in [-0.1, -0.05) is 31.5 Å². The van der Waals surface area contributed by atoms with Gasteiger partial charge in [0.25, 0.3) is 11.8 Å². The van der Waals surface area contributed by atoms with E-state index in [0.717, 1.165) is 0 Å². The summed E-state index contributed by atoms with van der Waals surface area (Å²) in [6.07, 6.45) is 1.77. The second-order valence-electron chi connectivity index (χ2n) is 6.32. The highest BCUT2D eigenvalue weighted by molar-refractivity contribution is 6.30. The van der Waals surface area contributed by atoms with Gasteiger partial charge in [0.15, 0.2) is 6.61 Å². The van der Waals surface area contributed by atoms with E-state index in [9.17, 15) is 19.2 Å². The molecule has 0 heterocycles. The summed E-state index contributed by atoms with van der Waals surface area (Å²) in [6, 6.07) is 4.53. The molecule has 0 fully saturated rings. The predicted molar refractivity (Wildman–Crippen MR) is 105 cm³/mol. The number of imide groups is 1. The summed E-state index contributed by atoms with van der Waals surface area (Å²) < 4.78 is 4.94. The zero-order valence-corrected chi connectivity index (χ0v) is 16.5. The van der Waals surface area contributed by atoms with Crippen molar-refractivity contribution >= 4 is 35.4 Å². The maximum absolute atomic E-state index is 12.3. The van der Waals surface area contributed by atoms with Crippen molar-refractivity contribution in [2.45, 2.75) is 26.3 Å². The maximum atomic E-state index is 12.3. The standard InChI is InChI=1S/C19H24ClN3O5/c1-4-9-21-19(27)23-16(24)11-28-18(26)15(10-12(2)3)22-17(25)13-5-7-14(20)8-6-13/h4-8,12,15H,1,9-11H2,2-3H3,(H,22,25)(H2,21,23,24,27)/t15-/m0/s1. The Hall–Kier alpha value is -2.87. The van der Waals surface area contributed by atoms with Gasteiger partial charge in [-0.25, -0.2) is 9.59 Å². The monoisotopic (exact) mass is 409 g/mol. The van der Waals surface area contributed by atoms with Crippen LogP contribution in [0.3, 0.4) is 0 Å². The first-order valence-corrected chi connectivity index (χ1v) is 9.02. The van der Waals surface area contributed by atoms with E-state index in [0.29, 0.717) is 17.0 Å². The lowest BCUT2D eigenvalue weighted by Gasteiger charge is -2.19. The fraction of sp³-hybridized carbons (Fsp3) is 0.368. The average molecular weight is 410 g/mol. The van der Waals surface area contributed by atoms with Gasteiger partial charge in [0.1, 0.15) is 6.04 Å². The quantitative estimate of drug-likeness (QED) is 0.426. The summed E-state index contributed by atoms with van der Waals surface area (Å²) in [7, 11) is 0. The first-order valence-electron chi connectivity index (χ1n) is 8.64. The Morgan fingerprint density at radius 2 is 1.82 bits per heavy atom. The first kappa shape index (κ1) is 23.2. The minimum absolute atomic E-state index is 0.0848. The third-order valence-corrected chi connectivity index (χ3v) is 3.66. The van der Waals surface area contributed by atoms with Crippen LogP contribution < -0.4 is 16.0 Å². The molecule has 152 valence electrons. The first-order chi connectivity index (χ1) is 13.2. The maximum Gasteiger partial charge on any atom is 0.329 e. The normalized spacial score (nSPS) is 11.3. The lowest BCUT2D eigenvalue weighted by atomic mass is 10.0. The van der Waals surface area contributed by atoms with E-state index in [1.54, 1.807) is 12.1 Å². The summed E-state index contributed by atoms with van der Waals surface area (Å²) in [6.45, 7) is 6.73. The van der Waals surface area contributed by atoms with Crippen molar-refractivity contribution in [2.75, 3.05) is 13.2 Å². The Morgan fingerprint density at radius 3 is 2.39 bits per heavy atom. The van der Waals surface area contributed by atoms with Crippen LogP contribution >= 0.6 is 11.6 Å². The lowest BCUT2D eigenvalue weighted by molar-refractivity contribution is -0.150. The number of carbonyl (C=O) groups excluding carboxylic acids is 4. The molecular weight excluding hydrogens is 386 g/mol. The summed E-state index contributed by atoms with van der Waals surface area (Å²) in [5.74, 6) is -1.94. The molecule has 0 radical (unpaired) electrons. The molecule has 4 amide bonds. The van der Waals surface area contributed by atoms with Crippen molar-refractivity contribution in [1.29, 1.82) is 0 Å². The third kappa shape index (κ3) is 8.68. The van der Waals surface area contributed by atoms with Gasteiger partial charge in [-0.05, 0) is 36.6 Å². The minimum Gasteiger partial charge on any atom is -0.454 e. The molecule has 0 bridgehead atoms. The number of benzene rings is 1. The number of ether oxygens (including phenoxy) is 1. The van der Waals surface area contributed by atoms with E-state index in [2.05, 4.69) is 17.2 Å². The van der Waals surface area contributed by atoms with Gasteiger partial charge >= 0.3 is 12.0 Å². The zero-order valence-electron chi connectivity index (χ0n) is 15.8. The van der Waals surface area contributed by atoms with Crippen LogP contribution in [-0.2, 0) is 14.3 Å². The molecule has 0 aliphatic heterocycles. The van der Waals surface area contributed by atoms with E-state index in [4.69, 9.17) is 16.3 Å². The number of nitrogens with one attached hydrogen (secondary N) is 3. The molecule has 0 saturated heterocycles. The van der Waals surface area contributed by atoms with Crippen molar-refractivity contribution < 1.29 is 23.9 Å². The number of amides is 4. The highest BCUT2D eigenvalue weighted by atomic mass is 35.5. The smallest absolute Gasteiger partial charge is 0.329 e. The number of halogens is 1. The molecule has 8 nitrogen and oxygen atoms in total. The fourth-order valence-electron chi connectivity index (χ4n) is 2.14. The van der Waals surface area contributed by atoms with Crippen LogP contribution in [-0.4, -0.2) is 43.0 Å². The number of esters is 1. The number of rotatable bonds is 9. The zero-order chi connectivity index (χ0) is 21.1. The highest BCUT2D eigenvalue weighted by Crippen LogP contribution is 2.11. The van der Waals surface area contributed by atoms with Crippen molar-refractivity contribution in [3.05, 3.63) is 47.5 Å². The lowest BCUT2D eigenvalue weighted by Crippen LogP contribution is -2.45. The van der Waals surface area contributed by atoms with Crippen LogP contribution in [0.1, 0.15) is 30.6 Å². The molecule has 1 rings (SSSR count). The Kier molecular flexibility index (Phi) is 9.73. The van der Waals surface area contributed by atoms with Crippen LogP contribution in [0, 0.1) is 5.92 Å². The molecule has 28 heavy (non-hydrogen) atoms. The van der Waals surface area contributed by atoms with Gasteiger partial charge in [0, 0.05) is 17.1 Å². The van der Waals surface area contributed by atoms with Gasteiger partial charge in [-0.15, -0.1) is 6.58 Å². The highest BCUT2D eigenvalue weighted by Gasteiger charge is 2.25. The SMILES string of the molecule is C=CCNC(=O)NC(=O)COC(=O)[C@H](CC(C)C)NC(=O)c1ccc(Cl)cc1. The largest absolute Gasteiger partial charge is 0.454 e. The molecule has 1 atom stereocenters. The van der Waals surface area contributed by atoms with Crippen LogP contribution in [0.25, 0.3) is 0 Å². The second kappa shape index (κ2) is 11.8. The van der Waals surface area contributed by atoms with E-state index in [1.807, 2.05) is 19.2 Å². The van der Waals surface area contributed by atoms with Gasteiger partial charge in [0.05, 0.1) is 0 Å². The molecule has 0 aromatic heterocycles. The van der Waals surface area contributed by atoms with Crippen molar-refractivity contribution in [3.8, 4) is 0 Å². The molecule has 0 aliphatic rings. The fourth-order valence-corrected chi connectivity index (χ4v) is 2.26. The second-order valence-corrected chi connectivity index (χ2v) is 6.75. The van der Waals surface area contributed by atoms with Crippen LogP contribution in [0.5, 0.6) is 0 Å². The van der Waals surface area contributed by atoms with Gasteiger partial charge < -0.3 is 15.4 Å². The molecule has 0 spiro atoms. The Balaban J connectivity index is 2.62. The van der Waals surface area contributed by atoms with Crippen LogP contribution in [0.4, 0.5) is 4.79 Å². The molecular formula is C19H24ClN3O5. The predicted octanol–water partition coefficient (Wildman–Crippen LogP) is 2.04. The van der Waals surface area contributed by atoms with Crippen molar-refractivity contribution in [2.24, 2.45) is 5.92 Å². The molecule has 1 aromatic carbocycles. The molecule has 0 unspecified atom stereocenters. The third-order valence-electron chi connectivity index (χ3n) is 3.41. The number of carbonyl (C=O) groups is 4. The summed E-state index contributed by atoms with van der Waals surface area (Å²) in [5.41, 5.74) is 0.336. The summed E-state index contributed by atoms with van der Waals surface area (Å²) in [4.78, 5) is 47.7. The Labute approximate surface area is 168 Å². The van der Waals surface area contributed by atoms with Crippen LogP contribution in [0.2, 0.25) is 5.02 Å². The summed E-state index contributed by atoms with van der Waals surface area (Å²) >= 11 is 5.80. The van der Waals surface area contributed by atoms with Crippen molar-refractivity contribution in [1.82, 2.24) is 16.0 Å². The topological polar surface area (TPSA) is 114 Å². The van der Waals surface area contributed by atoms with E-state index >= 15 is 0 Å². The molecule has 9 heteroatoms. The Bertz CT molecular complexity index is 719.